The standard InChI is InChI=1S/C24H20Cl2FN7/c1-3-19(15-9-7-14(2)8-10-15)33-34-24-31-22(21-17(25)5-4-6-18(21)27)30-23(32-24)29-16-11-12-20(26)28-13-16/h4-13H,3H2,1-2H3,(H2,29,30,31,32,34)/b33-19+. The molecule has 2 aromatic heterocycles. The molecule has 172 valence electrons. The van der Waals surface area contributed by atoms with Crippen LogP contribution in [0.3, 0.4) is 0 Å². The SMILES string of the molecule is CC/C(=N\Nc1nc(Nc2ccc(Cl)nc2)nc(-c2c(F)cccc2Cl)n1)c1ccc(C)cc1. The predicted octanol–water partition coefficient (Wildman–Crippen LogP) is 6.66. The van der Waals surface area contributed by atoms with E-state index in [1.807, 2.05) is 38.1 Å². The number of hydrogen-bond acceptors (Lipinski definition) is 7. The summed E-state index contributed by atoms with van der Waals surface area (Å²) in [6.07, 6.45) is 2.20. The molecule has 0 aliphatic heterocycles. The van der Waals surface area contributed by atoms with Crippen LogP contribution in [0, 0.1) is 12.7 Å². The Balaban J connectivity index is 1.73. The summed E-state index contributed by atoms with van der Waals surface area (Å²) in [5.74, 6) is -0.235. The van der Waals surface area contributed by atoms with Gasteiger partial charge < -0.3 is 5.32 Å². The molecule has 0 saturated carbocycles. The molecule has 2 aromatic carbocycles. The third kappa shape index (κ3) is 5.65. The first-order chi connectivity index (χ1) is 16.4. The van der Waals surface area contributed by atoms with Gasteiger partial charge in [-0.3, -0.25) is 0 Å². The van der Waals surface area contributed by atoms with Gasteiger partial charge >= 0.3 is 0 Å². The Labute approximate surface area is 206 Å². The molecular weight excluding hydrogens is 476 g/mol. The minimum atomic E-state index is -0.554. The summed E-state index contributed by atoms with van der Waals surface area (Å²) >= 11 is 12.1. The summed E-state index contributed by atoms with van der Waals surface area (Å²) in [4.78, 5) is 17.1. The molecule has 4 aromatic rings. The minimum absolute atomic E-state index is 0.0496. The molecule has 0 bridgehead atoms. The van der Waals surface area contributed by atoms with E-state index in [9.17, 15) is 4.39 Å². The molecule has 0 saturated heterocycles. The van der Waals surface area contributed by atoms with E-state index < -0.39 is 5.82 Å². The van der Waals surface area contributed by atoms with E-state index in [4.69, 9.17) is 23.2 Å². The number of benzene rings is 2. The number of nitrogens with zero attached hydrogens (tertiary/aromatic N) is 5. The van der Waals surface area contributed by atoms with E-state index in [1.165, 1.54) is 18.3 Å². The van der Waals surface area contributed by atoms with Gasteiger partial charge in [0.1, 0.15) is 11.0 Å². The zero-order valence-corrected chi connectivity index (χ0v) is 19.9. The summed E-state index contributed by atoms with van der Waals surface area (Å²) < 4.78 is 14.6. The van der Waals surface area contributed by atoms with Crippen molar-refractivity contribution in [2.45, 2.75) is 20.3 Å². The molecule has 0 spiro atoms. The number of rotatable bonds is 7. The molecule has 0 amide bonds. The van der Waals surface area contributed by atoms with Gasteiger partial charge in [0.25, 0.3) is 0 Å². The topological polar surface area (TPSA) is 88.0 Å². The number of aromatic nitrogens is 4. The van der Waals surface area contributed by atoms with Gasteiger partial charge in [-0.05, 0) is 43.2 Å². The van der Waals surface area contributed by atoms with Crippen LogP contribution in [0.2, 0.25) is 10.2 Å². The Kier molecular flexibility index (Phi) is 7.30. The fourth-order valence-electron chi connectivity index (χ4n) is 3.10. The number of pyridine rings is 1. The van der Waals surface area contributed by atoms with Crippen molar-refractivity contribution in [1.29, 1.82) is 0 Å². The average Bonchev–Trinajstić information content (AvgIpc) is 2.82. The van der Waals surface area contributed by atoms with Crippen LogP contribution in [0.15, 0.2) is 65.9 Å². The first kappa shape index (κ1) is 23.5. The molecule has 10 heteroatoms. The maximum atomic E-state index is 14.6. The molecule has 0 unspecified atom stereocenters. The van der Waals surface area contributed by atoms with E-state index in [0.29, 0.717) is 17.3 Å². The van der Waals surface area contributed by atoms with Crippen LogP contribution >= 0.6 is 23.2 Å². The molecule has 0 atom stereocenters. The van der Waals surface area contributed by atoms with Crippen LogP contribution in [-0.2, 0) is 0 Å². The molecule has 0 fully saturated rings. The van der Waals surface area contributed by atoms with Crippen molar-refractivity contribution in [3.8, 4) is 11.4 Å². The highest BCUT2D eigenvalue weighted by atomic mass is 35.5. The number of nitrogens with one attached hydrogen (secondary N) is 2. The Morgan fingerprint density at radius 2 is 1.74 bits per heavy atom. The number of anilines is 3. The molecule has 2 N–H and O–H groups in total. The molecule has 34 heavy (non-hydrogen) atoms. The van der Waals surface area contributed by atoms with Crippen molar-refractivity contribution >= 4 is 46.5 Å². The Hall–Kier alpha value is -3.62. The maximum absolute atomic E-state index is 14.6. The fourth-order valence-corrected chi connectivity index (χ4v) is 3.45. The molecule has 0 aliphatic rings. The van der Waals surface area contributed by atoms with Crippen LogP contribution in [-0.4, -0.2) is 25.6 Å². The second-order valence-electron chi connectivity index (χ2n) is 7.29. The number of halogens is 3. The van der Waals surface area contributed by atoms with Crippen molar-refractivity contribution in [2.24, 2.45) is 5.10 Å². The zero-order valence-electron chi connectivity index (χ0n) is 18.4. The van der Waals surface area contributed by atoms with Gasteiger partial charge in [-0.25, -0.2) is 14.8 Å². The third-order valence-corrected chi connectivity index (χ3v) is 5.35. The molecular formula is C24H20Cl2FN7. The maximum Gasteiger partial charge on any atom is 0.248 e. The highest BCUT2D eigenvalue weighted by Gasteiger charge is 2.16. The zero-order chi connectivity index (χ0) is 24.1. The van der Waals surface area contributed by atoms with Gasteiger partial charge in [-0.1, -0.05) is 66.0 Å². The van der Waals surface area contributed by atoms with E-state index in [-0.39, 0.29) is 28.3 Å². The first-order valence-corrected chi connectivity index (χ1v) is 11.2. The van der Waals surface area contributed by atoms with E-state index >= 15 is 0 Å². The summed E-state index contributed by atoms with van der Waals surface area (Å²) in [5.41, 5.74) is 6.46. The summed E-state index contributed by atoms with van der Waals surface area (Å²) in [5, 5.41) is 8.03. The van der Waals surface area contributed by atoms with E-state index in [2.05, 4.69) is 35.8 Å². The van der Waals surface area contributed by atoms with Crippen molar-refractivity contribution in [2.75, 3.05) is 10.7 Å². The predicted molar refractivity (Wildman–Crippen MR) is 134 cm³/mol. The Morgan fingerprint density at radius 3 is 2.41 bits per heavy atom. The summed E-state index contributed by atoms with van der Waals surface area (Å²) in [7, 11) is 0. The van der Waals surface area contributed by atoms with Crippen LogP contribution in [0.4, 0.5) is 22.0 Å². The van der Waals surface area contributed by atoms with Gasteiger partial charge in [0, 0.05) is 0 Å². The number of aryl methyl sites for hydroxylation is 1. The minimum Gasteiger partial charge on any atom is -0.323 e. The van der Waals surface area contributed by atoms with Crippen LogP contribution in [0.25, 0.3) is 11.4 Å². The first-order valence-electron chi connectivity index (χ1n) is 10.4. The van der Waals surface area contributed by atoms with E-state index in [0.717, 1.165) is 16.8 Å². The van der Waals surface area contributed by atoms with Crippen LogP contribution in [0.5, 0.6) is 0 Å². The number of hydrogen-bond donors (Lipinski definition) is 2. The van der Waals surface area contributed by atoms with Crippen LogP contribution in [0.1, 0.15) is 24.5 Å². The van der Waals surface area contributed by atoms with Gasteiger partial charge in [0.15, 0.2) is 5.82 Å². The third-order valence-electron chi connectivity index (χ3n) is 4.82. The molecule has 0 radical (unpaired) electrons. The lowest BCUT2D eigenvalue weighted by Gasteiger charge is -2.11. The largest absolute Gasteiger partial charge is 0.323 e. The quantitative estimate of drug-likeness (QED) is 0.169. The molecule has 0 aliphatic carbocycles. The lowest BCUT2D eigenvalue weighted by molar-refractivity contribution is 0.630. The lowest BCUT2D eigenvalue weighted by atomic mass is 10.1. The molecule has 7 nitrogen and oxygen atoms in total. The normalized spacial score (nSPS) is 11.4. The van der Waals surface area contributed by atoms with Gasteiger partial charge in [0.2, 0.25) is 11.9 Å². The highest BCUT2D eigenvalue weighted by Crippen LogP contribution is 2.29. The van der Waals surface area contributed by atoms with Crippen molar-refractivity contribution in [3.05, 3.63) is 87.9 Å². The average molecular weight is 496 g/mol. The Bertz CT molecular complexity index is 1310. The lowest BCUT2D eigenvalue weighted by Crippen LogP contribution is -2.08. The van der Waals surface area contributed by atoms with Crippen molar-refractivity contribution < 1.29 is 4.39 Å². The monoisotopic (exact) mass is 495 g/mol. The summed E-state index contributed by atoms with van der Waals surface area (Å²) in [6.45, 7) is 4.02. The van der Waals surface area contributed by atoms with Crippen molar-refractivity contribution in [3.63, 3.8) is 0 Å². The second-order valence-corrected chi connectivity index (χ2v) is 8.08. The second kappa shape index (κ2) is 10.5. The van der Waals surface area contributed by atoms with E-state index in [1.54, 1.807) is 18.2 Å². The smallest absolute Gasteiger partial charge is 0.248 e. The van der Waals surface area contributed by atoms with Gasteiger partial charge in [-0.15, -0.1) is 0 Å². The Morgan fingerprint density at radius 1 is 0.971 bits per heavy atom. The molecule has 4 rings (SSSR count). The number of hydrazone groups is 1. The van der Waals surface area contributed by atoms with Gasteiger partial charge in [0.05, 0.1) is 28.2 Å². The highest BCUT2D eigenvalue weighted by molar-refractivity contribution is 6.33. The van der Waals surface area contributed by atoms with Crippen LogP contribution < -0.4 is 10.7 Å². The molecule has 2 heterocycles. The summed E-state index contributed by atoms with van der Waals surface area (Å²) in [6, 6.07) is 15.7. The van der Waals surface area contributed by atoms with Crippen molar-refractivity contribution in [1.82, 2.24) is 19.9 Å². The van der Waals surface area contributed by atoms with Gasteiger partial charge in [-0.2, -0.15) is 20.1 Å². The fraction of sp³-hybridized carbons (Fsp3) is 0.125.